The summed E-state index contributed by atoms with van der Waals surface area (Å²) in [6.07, 6.45) is 1.23. The van der Waals surface area contributed by atoms with Crippen molar-refractivity contribution < 1.29 is 0 Å². The summed E-state index contributed by atoms with van der Waals surface area (Å²) in [5, 5.41) is 1.28. The van der Waals surface area contributed by atoms with Crippen LogP contribution in [0.15, 0.2) is 24.3 Å². The van der Waals surface area contributed by atoms with Crippen LogP contribution in [-0.4, -0.2) is 11.5 Å². The lowest BCUT2D eigenvalue weighted by Crippen LogP contribution is -2.01. The fourth-order valence-electron chi connectivity index (χ4n) is 1.86. The lowest BCUT2D eigenvalue weighted by atomic mass is 10.3. The van der Waals surface area contributed by atoms with E-state index in [4.69, 9.17) is 5.73 Å². The molecule has 3 rings (SSSR count). The molecule has 1 aliphatic rings. The van der Waals surface area contributed by atoms with E-state index in [9.17, 15) is 0 Å². The molecule has 2 atom stereocenters. The average molecular weight is 204 g/mol. The van der Waals surface area contributed by atoms with Gasteiger partial charge >= 0.3 is 0 Å². The predicted octanol–water partition coefficient (Wildman–Crippen LogP) is 2.36. The molecule has 0 spiro atoms. The molecule has 14 heavy (non-hydrogen) atoms. The number of aromatic nitrogens is 1. The van der Waals surface area contributed by atoms with Crippen molar-refractivity contribution in [2.75, 3.05) is 6.54 Å². The highest BCUT2D eigenvalue weighted by Crippen LogP contribution is 2.48. The fourth-order valence-corrected chi connectivity index (χ4v) is 3.03. The Hall–Kier alpha value is -0.930. The first-order chi connectivity index (χ1) is 6.88. The Morgan fingerprint density at radius 1 is 1.43 bits per heavy atom. The van der Waals surface area contributed by atoms with Crippen molar-refractivity contribution >= 4 is 21.6 Å². The highest BCUT2D eigenvalue weighted by atomic mass is 32.1. The number of hydrogen-bond acceptors (Lipinski definition) is 3. The topological polar surface area (TPSA) is 38.9 Å². The number of benzene rings is 1. The average Bonchev–Trinajstić information content (AvgIpc) is 2.89. The van der Waals surface area contributed by atoms with Gasteiger partial charge in [0.05, 0.1) is 15.2 Å². The van der Waals surface area contributed by atoms with E-state index in [0.29, 0.717) is 11.8 Å². The van der Waals surface area contributed by atoms with Gasteiger partial charge in [0.15, 0.2) is 0 Å². The number of hydrogen-bond donors (Lipinski definition) is 1. The molecule has 0 amide bonds. The van der Waals surface area contributed by atoms with E-state index in [2.05, 4.69) is 23.2 Å². The van der Waals surface area contributed by atoms with Crippen LogP contribution in [0.4, 0.5) is 0 Å². The number of nitrogens with two attached hydrogens (primary N) is 1. The van der Waals surface area contributed by atoms with Gasteiger partial charge in [0, 0.05) is 5.92 Å². The van der Waals surface area contributed by atoms with Crippen LogP contribution in [0.1, 0.15) is 17.3 Å². The number of nitrogens with zero attached hydrogens (tertiary/aromatic N) is 1. The van der Waals surface area contributed by atoms with E-state index in [1.165, 1.54) is 16.1 Å². The Bertz CT molecular complexity index is 430. The molecule has 0 radical (unpaired) electrons. The normalized spacial score (nSPS) is 25.5. The Balaban J connectivity index is 1.99. The van der Waals surface area contributed by atoms with E-state index in [1.54, 1.807) is 0 Å². The second-order valence-corrected chi connectivity index (χ2v) is 4.92. The Morgan fingerprint density at radius 3 is 3.00 bits per heavy atom. The first-order valence-electron chi connectivity index (χ1n) is 4.94. The summed E-state index contributed by atoms with van der Waals surface area (Å²) in [6, 6.07) is 8.32. The largest absolute Gasteiger partial charge is 0.330 e. The molecular weight excluding hydrogens is 192 g/mol. The molecule has 0 saturated heterocycles. The molecule has 3 heteroatoms. The number of fused-ring (bicyclic) bond motifs is 1. The van der Waals surface area contributed by atoms with Crippen molar-refractivity contribution in [2.24, 2.45) is 11.7 Å². The maximum absolute atomic E-state index is 5.63. The SMILES string of the molecule is NC[C@@H]1C[C@H]1c1nc2ccccc2s1. The zero-order chi connectivity index (χ0) is 9.54. The minimum Gasteiger partial charge on any atom is -0.330 e. The molecule has 1 heterocycles. The molecule has 2 N–H and O–H groups in total. The predicted molar refractivity (Wildman–Crippen MR) is 59.5 cm³/mol. The fraction of sp³-hybridized carbons (Fsp3) is 0.364. The molecule has 0 unspecified atom stereocenters. The van der Waals surface area contributed by atoms with Gasteiger partial charge in [0.2, 0.25) is 0 Å². The lowest BCUT2D eigenvalue weighted by Gasteiger charge is -1.89. The second-order valence-electron chi connectivity index (χ2n) is 3.86. The monoisotopic (exact) mass is 204 g/mol. The first kappa shape index (κ1) is 8.38. The van der Waals surface area contributed by atoms with Crippen LogP contribution < -0.4 is 5.73 Å². The van der Waals surface area contributed by atoms with E-state index in [0.717, 1.165) is 12.1 Å². The number of rotatable bonds is 2. The summed E-state index contributed by atoms with van der Waals surface area (Å²) in [5.41, 5.74) is 6.77. The molecule has 2 aromatic rings. The van der Waals surface area contributed by atoms with Crippen LogP contribution in [0.5, 0.6) is 0 Å². The van der Waals surface area contributed by atoms with Gasteiger partial charge in [-0.25, -0.2) is 4.98 Å². The van der Waals surface area contributed by atoms with Crippen LogP contribution in [-0.2, 0) is 0 Å². The lowest BCUT2D eigenvalue weighted by molar-refractivity contribution is 0.807. The summed E-state index contributed by atoms with van der Waals surface area (Å²) in [4.78, 5) is 4.64. The Labute approximate surface area is 86.8 Å². The molecule has 1 saturated carbocycles. The standard InChI is InChI=1S/C11H12N2S/c12-6-7-5-8(7)11-13-9-3-1-2-4-10(9)14-11/h1-4,7-8H,5-6,12H2/t7-,8+/m0/s1. The van der Waals surface area contributed by atoms with Crippen molar-refractivity contribution in [3.63, 3.8) is 0 Å². The van der Waals surface area contributed by atoms with E-state index in [-0.39, 0.29) is 0 Å². The van der Waals surface area contributed by atoms with Gasteiger partial charge in [-0.3, -0.25) is 0 Å². The van der Waals surface area contributed by atoms with Crippen LogP contribution in [0.3, 0.4) is 0 Å². The van der Waals surface area contributed by atoms with Crippen molar-refractivity contribution in [1.82, 2.24) is 4.98 Å². The Morgan fingerprint density at radius 2 is 2.29 bits per heavy atom. The minimum absolute atomic E-state index is 0.650. The zero-order valence-electron chi connectivity index (χ0n) is 7.81. The zero-order valence-corrected chi connectivity index (χ0v) is 8.63. The van der Waals surface area contributed by atoms with Crippen LogP contribution in [0.2, 0.25) is 0 Å². The van der Waals surface area contributed by atoms with Crippen molar-refractivity contribution in [3.05, 3.63) is 29.3 Å². The molecule has 72 valence electrons. The minimum atomic E-state index is 0.650. The van der Waals surface area contributed by atoms with Gasteiger partial charge in [-0.2, -0.15) is 0 Å². The van der Waals surface area contributed by atoms with Gasteiger partial charge < -0.3 is 5.73 Å². The van der Waals surface area contributed by atoms with E-state index < -0.39 is 0 Å². The van der Waals surface area contributed by atoms with Crippen molar-refractivity contribution in [2.45, 2.75) is 12.3 Å². The van der Waals surface area contributed by atoms with E-state index in [1.807, 2.05) is 17.4 Å². The molecule has 2 nitrogen and oxygen atoms in total. The van der Waals surface area contributed by atoms with Crippen LogP contribution in [0.25, 0.3) is 10.2 Å². The third-order valence-electron chi connectivity index (χ3n) is 2.85. The molecule has 0 bridgehead atoms. The number of thiazole rings is 1. The third kappa shape index (κ3) is 1.24. The van der Waals surface area contributed by atoms with Gasteiger partial charge in [-0.05, 0) is 31.0 Å². The number of para-hydroxylation sites is 1. The Kier molecular flexibility index (Phi) is 1.82. The van der Waals surface area contributed by atoms with Crippen molar-refractivity contribution in [3.8, 4) is 0 Å². The maximum atomic E-state index is 5.63. The molecule has 0 aliphatic heterocycles. The molecule has 1 aromatic heterocycles. The van der Waals surface area contributed by atoms with Gasteiger partial charge in [0.25, 0.3) is 0 Å². The second kappa shape index (κ2) is 3.04. The highest BCUT2D eigenvalue weighted by Gasteiger charge is 2.39. The smallest absolute Gasteiger partial charge is 0.0972 e. The quantitative estimate of drug-likeness (QED) is 0.815. The molecule has 1 fully saturated rings. The van der Waals surface area contributed by atoms with Gasteiger partial charge in [-0.1, -0.05) is 12.1 Å². The summed E-state index contributed by atoms with van der Waals surface area (Å²) in [6.45, 7) is 0.806. The maximum Gasteiger partial charge on any atom is 0.0972 e. The highest BCUT2D eigenvalue weighted by molar-refractivity contribution is 7.18. The first-order valence-corrected chi connectivity index (χ1v) is 5.75. The molecule has 1 aromatic carbocycles. The summed E-state index contributed by atoms with van der Waals surface area (Å²) in [7, 11) is 0. The van der Waals surface area contributed by atoms with Crippen LogP contribution >= 0.6 is 11.3 Å². The third-order valence-corrected chi connectivity index (χ3v) is 4.02. The van der Waals surface area contributed by atoms with Crippen LogP contribution in [0, 0.1) is 5.92 Å². The van der Waals surface area contributed by atoms with Crippen molar-refractivity contribution in [1.29, 1.82) is 0 Å². The van der Waals surface area contributed by atoms with Gasteiger partial charge in [-0.15, -0.1) is 11.3 Å². The van der Waals surface area contributed by atoms with Gasteiger partial charge in [0.1, 0.15) is 0 Å². The summed E-state index contributed by atoms with van der Waals surface area (Å²) >= 11 is 1.82. The molecular formula is C11H12N2S. The summed E-state index contributed by atoms with van der Waals surface area (Å²) in [5.74, 6) is 1.34. The van der Waals surface area contributed by atoms with E-state index >= 15 is 0 Å². The molecule has 1 aliphatic carbocycles. The summed E-state index contributed by atoms with van der Waals surface area (Å²) < 4.78 is 1.30.